The zero-order chi connectivity index (χ0) is 30.2. The number of hydrogen-bond acceptors (Lipinski definition) is 5. The van der Waals surface area contributed by atoms with Gasteiger partial charge in [-0.3, -0.25) is 13.9 Å². The summed E-state index contributed by atoms with van der Waals surface area (Å²) in [6, 6.07) is 16.5. The normalized spacial score (nSPS) is 12.7. The first-order valence-electron chi connectivity index (χ1n) is 13.3. The Labute approximate surface area is 246 Å². The van der Waals surface area contributed by atoms with Crippen molar-refractivity contribution in [1.29, 1.82) is 0 Å². The number of carbonyl (C=O) groups is 2. The van der Waals surface area contributed by atoms with Crippen LogP contribution in [-0.4, -0.2) is 50.9 Å². The zero-order valence-electron chi connectivity index (χ0n) is 23.5. The van der Waals surface area contributed by atoms with Crippen LogP contribution in [0.5, 0.6) is 5.75 Å². The standard InChI is InChI=1S/C30H35ClFN3O5S/c1-5-21(3)33-30(37)28(6-2)34(19-22-7-11-24(32)12-8-22)29(36)20-35(25-13-9-23(31)10-14-25)41(38,39)27-17-15-26(40-4)16-18-27/h7-18,21,28H,5-6,19-20H2,1-4H3,(H,33,37). The van der Waals surface area contributed by atoms with Gasteiger partial charge in [-0.25, -0.2) is 12.8 Å². The van der Waals surface area contributed by atoms with E-state index in [-0.39, 0.29) is 35.5 Å². The lowest BCUT2D eigenvalue weighted by molar-refractivity contribution is -0.140. The van der Waals surface area contributed by atoms with E-state index in [1.165, 1.54) is 84.8 Å². The van der Waals surface area contributed by atoms with E-state index < -0.39 is 34.3 Å². The maximum atomic E-state index is 14.0. The summed E-state index contributed by atoms with van der Waals surface area (Å²) in [5.41, 5.74) is 0.808. The summed E-state index contributed by atoms with van der Waals surface area (Å²) in [5.74, 6) is -0.921. The van der Waals surface area contributed by atoms with E-state index in [0.717, 1.165) is 4.31 Å². The fourth-order valence-corrected chi connectivity index (χ4v) is 5.70. The number of hydrogen-bond donors (Lipinski definition) is 1. The summed E-state index contributed by atoms with van der Waals surface area (Å²) < 4.78 is 47.5. The van der Waals surface area contributed by atoms with Crippen LogP contribution in [0.1, 0.15) is 39.2 Å². The first-order valence-corrected chi connectivity index (χ1v) is 15.1. The molecule has 3 rings (SSSR count). The molecule has 0 heterocycles. The lowest BCUT2D eigenvalue weighted by Crippen LogP contribution is -2.53. The molecule has 11 heteroatoms. The minimum Gasteiger partial charge on any atom is -0.497 e. The van der Waals surface area contributed by atoms with Crippen molar-refractivity contribution in [2.75, 3.05) is 18.0 Å². The number of nitrogens with zero attached hydrogens (tertiary/aromatic N) is 2. The number of ether oxygens (including phenoxy) is 1. The molecule has 0 aromatic heterocycles. The molecular weight excluding hydrogens is 569 g/mol. The molecule has 0 saturated heterocycles. The Hall–Kier alpha value is -3.63. The van der Waals surface area contributed by atoms with Gasteiger partial charge in [0.2, 0.25) is 11.8 Å². The number of methoxy groups -OCH3 is 1. The van der Waals surface area contributed by atoms with Crippen molar-refractivity contribution < 1.29 is 27.1 Å². The first kappa shape index (κ1) is 31.9. The first-order chi connectivity index (χ1) is 19.5. The van der Waals surface area contributed by atoms with Crippen LogP contribution in [0.3, 0.4) is 0 Å². The Morgan fingerprint density at radius 1 is 0.951 bits per heavy atom. The van der Waals surface area contributed by atoms with Gasteiger partial charge >= 0.3 is 0 Å². The SMILES string of the molecule is CCC(C)NC(=O)C(CC)N(Cc1ccc(F)cc1)C(=O)CN(c1ccc(Cl)cc1)S(=O)(=O)c1ccc(OC)cc1. The molecule has 2 atom stereocenters. The van der Waals surface area contributed by atoms with Crippen molar-refractivity contribution in [2.45, 2.75) is 57.1 Å². The second kappa shape index (κ2) is 14.3. The van der Waals surface area contributed by atoms with Crippen LogP contribution in [0.25, 0.3) is 0 Å². The van der Waals surface area contributed by atoms with Crippen LogP contribution in [0, 0.1) is 5.82 Å². The van der Waals surface area contributed by atoms with Crippen LogP contribution in [0.15, 0.2) is 77.7 Å². The smallest absolute Gasteiger partial charge is 0.264 e. The average molecular weight is 604 g/mol. The van der Waals surface area contributed by atoms with Gasteiger partial charge in [-0.15, -0.1) is 0 Å². The molecule has 0 bridgehead atoms. The molecular formula is C30H35ClFN3O5S. The Kier molecular flexibility index (Phi) is 11.1. The molecule has 0 saturated carbocycles. The van der Waals surface area contributed by atoms with Gasteiger partial charge in [0.05, 0.1) is 17.7 Å². The molecule has 0 radical (unpaired) electrons. The third kappa shape index (κ3) is 8.20. The highest BCUT2D eigenvalue weighted by Crippen LogP contribution is 2.27. The average Bonchev–Trinajstić information content (AvgIpc) is 2.97. The summed E-state index contributed by atoms with van der Waals surface area (Å²) in [6.45, 7) is 4.95. The number of benzene rings is 3. The summed E-state index contributed by atoms with van der Waals surface area (Å²) in [4.78, 5) is 28.6. The van der Waals surface area contributed by atoms with Crippen molar-refractivity contribution in [3.8, 4) is 5.75 Å². The van der Waals surface area contributed by atoms with Gasteiger partial charge in [0.1, 0.15) is 24.2 Å². The predicted molar refractivity (Wildman–Crippen MR) is 158 cm³/mol. The molecule has 0 fully saturated rings. The largest absolute Gasteiger partial charge is 0.497 e. The van der Waals surface area contributed by atoms with Crippen molar-refractivity contribution >= 4 is 39.1 Å². The second-order valence-corrected chi connectivity index (χ2v) is 11.9. The fourth-order valence-electron chi connectivity index (χ4n) is 4.16. The van der Waals surface area contributed by atoms with Crippen LogP contribution < -0.4 is 14.4 Å². The van der Waals surface area contributed by atoms with Crippen LogP contribution >= 0.6 is 11.6 Å². The molecule has 2 unspecified atom stereocenters. The van der Waals surface area contributed by atoms with Gasteiger partial charge in [0, 0.05) is 17.6 Å². The number of anilines is 1. The van der Waals surface area contributed by atoms with E-state index in [4.69, 9.17) is 16.3 Å². The van der Waals surface area contributed by atoms with E-state index in [9.17, 15) is 22.4 Å². The minimum absolute atomic E-state index is 0.0252. The molecule has 0 aliphatic heterocycles. The van der Waals surface area contributed by atoms with E-state index in [1.54, 1.807) is 6.92 Å². The Morgan fingerprint density at radius 3 is 2.10 bits per heavy atom. The molecule has 8 nitrogen and oxygen atoms in total. The van der Waals surface area contributed by atoms with Crippen LogP contribution in [0.4, 0.5) is 10.1 Å². The molecule has 2 amide bonds. The molecule has 41 heavy (non-hydrogen) atoms. The van der Waals surface area contributed by atoms with E-state index in [1.807, 2.05) is 13.8 Å². The maximum Gasteiger partial charge on any atom is 0.264 e. The van der Waals surface area contributed by atoms with Crippen molar-refractivity contribution in [3.05, 3.63) is 89.2 Å². The van der Waals surface area contributed by atoms with Gasteiger partial charge in [-0.1, -0.05) is 37.6 Å². The van der Waals surface area contributed by atoms with Gasteiger partial charge in [-0.05, 0) is 86.0 Å². The monoisotopic (exact) mass is 603 g/mol. The number of sulfonamides is 1. The Balaban J connectivity index is 2.05. The molecule has 1 N–H and O–H groups in total. The third-order valence-corrected chi connectivity index (χ3v) is 8.73. The Morgan fingerprint density at radius 2 is 1.56 bits per heavy atom. The van der Waals surface area contributed by atoms with E-state index >= 15 is 0 Å². The molecule has 220 valence electrons. The van der Waals surface area contributed by atoms with Gasteiger partial charge in [0.25, 0.3) is 10.0 Å². The maximum absolute atomic E-state index is 14.0. The number of carbonyl (C=O) groups excluding carboxylic acids is 2. The second-order valence-electron chi connectivity index (χ2n) is 9.55. The van der Waals surface area contributed by atoms with Gasteiger partial charge in [0.15, 0.2) is 0 Å². The van der Waals surface area contributed by atoms with Gasteiger partial charge in [-0.2, -0.15) is 0 Å². The molecule has 0 aliphatic carbocycles. The summed E-state index contributed by atoms with van der Waals surface area (Å²) in [7, 11) is -2.77. The molecule has 0 spiro atoms. The number of amides is 2. The van der Waals surface area contributed by atoms with Crippen LogP contribution in [-0.2, 0) is 26.2 Å². The highest BCUT2D eigenvalue weighted by atomic mass is 35.5. The zero-order valence-corrected chi connectivity index (χ0v) is 25.1. The van der Waals surface area contributed by atoms with Crippen molar-refractivity contribution in [1.82, 2.24) is 10.2 Å². The molecule has 3 aromatic rings. The summed E-state index contributed by atoms with van der Waals surface area (Å²) in [5, 5.41) is 3.31. The van der Waals surface area contributed by atoms with Crippen molar-refractivity contribution in [2.24, 2.45) is 0 Å². The van der Waals surface area contributed by atoms with Gasteiger partial charge < -0.3 is 15.0 Å². The summed E-state index contributed by atoms with van der Waals surface area (Å²) in [6.07, 6.45) is 0.972. The van der Waals surface area contributed by atoms with Crippen LogP contribution in [0.2, 0.25) is 5.02 Å². The highest BCUT2D eigenvalue weighted by molar-refractivity contribution is 7.92. The lowest BCUT2D eigenvalue weighted by atomic mass is 10.1. The summed E-state index contributed by atoms with van der Waals surface area (Å²) >= 11 is 6.06. The number of nitrogens with one attached hydrogen (secondary N) is 1. The number of halogens is 2. The lowest BCUT2D eigenvalue weighted by Gasteiger charge is -2.33. The molecule has 0 aliphatic rings. The Bertz CT molecular complexity index is 1420. The quantitative estimate of drug-likeness (QED) is 0.282. The van der Waals surface area contributed by atoms with Crippen molar-refractivity contribution in [3.63, 3.8) is 0 Å². The molecule has 3 aromatic carbocycles. The van der Waals surface area contributed by atoms with E-state index in [2.05, 4.69) is 5.32 Å². The third-order valence-electron chi connectivity index (χ3n) is 6.69. The minimum atomic E-state index is -4.24. The highest BCUT2D eigenvalue weighted by Gasteiger charge is 2.34. The number of rotatable bonds is 13. The fraction of sp³-hybridized carbons (Fsp3) is 0.333. The van der Waals surface area contributed by atoms with E-state index in [0.29, 0.717) is 22.8 Å². The predicted octanol–water partition coefficient (Wildman–Crippen LogP) is 5.41. The topological polar surface area (TPSA) is 96.0 Å².